The van der Waals surface area contributed by atoms with Crippen LogP contribution in [-0.2, 0) is 33.3 Å². The van der Waals surface area contributed by atoms with Crippen LogP contribution in [0.25, 0.3) is 22.2 Å². The van der Waals surface area contributed by atoms with Gasteiger partial charge in [-0.3, -0.25) is 4.79 Å². The zero-order valence-electron chi connectivity index (χ0n) is 20.7. The zero-order valence-corrected chi connectivity index (χ0v) is 21.5. The van der Waals surface area contributed by atoms with E-state index < -0.39 is 11.2 Å². The maximum atomic E-state index is 11.6. The highest BCUT2D eigenvalue weighted by Crippen LogP contribution is 2.44. The number of ether oxygens (including phenoxy) is 2. The Morgan fingerprint density at radius 2 is 2.17 bits per heavy atom. The van der Waals surface area contributed by atoms with Gasteiger partial charge in [0.25, 0.3) is 0 Å². The van der Waals surface area contributed by atoms with E-state index in [0.717, 1.165) is 46.4 Å². The largest absolute Gasteiger partial charge is 0.390 e. The first kappa shape index (κ1) is 24.2. The lowest BCUT2D eigenvalue weighted by molar-refractivity contribution is -0.114. The Balaban J connectivity index is 1.64. The lowest BCUT2D eigenvalue weighted by Gasteiger charge is -2.35. The average Bonchev–Trinajstić information content (AvgIpc) is 3.38. The highest BCUT2D eigenvalue weighted by atomic mass is 32.2. The SMILES string of the molecule is CC(=O)Nc1cc2c(-c3cc(SCCC(C)(C)O)c4c(n3)C3(CCOC3)OCC4)cn(C)c2cn1. The van der Waals surface area contributed by atoms with E-state index in [9.17, 15) is 9.90 Å². The summed E-state index contributed by atoms with van der Waals surface area (Å²) in [6, 6.07) is 4.06. The van der Waals surface area contributed by atoms with E-state index in [1.807, 2.05) is 31.5 Å². The van der Waals surface area contributed by atoms with Crippen LogP contribution in [0.5, 0.6) is 0 Å². The molecule has 0 aromatic carbocycles. The highest BCUT2D eigenvalue weighted by Gasteiger charge is 2.44. The van der Waals surface area contributed by atoms with Crippen LogP contribution in [-0.4, -0.2) is 56.7 Å². The van der Waals surface area contributed by atoms with Gasteiger partial charge in [0.1, 0.15) is 11.4 Å². The summed E-state index contributed by atoms with van der Waals surface area (Å²) >= 11 is 1.76. The van der Waals surface area contributed by atoms with E-state index in [4.69, 9.17) is 14.5 Å². The van der Waals surface area contributed by atoms with E-state index in [2.05, 4.69) is 22.6 Å². The molecule has 2 aliphatic rings. The van der Waals surface area contributed by atoms with Gasteiger partial charge in [-0.15, -0.1) is 11.8 Å². The second kappa shape index (κ2) is 9.20. The molecule has 9 heteroatoms. The number of pyridine rings is 2. The number of nitrogens with one attached hydrogen (secondary N) is 1. The van der Waals surface area contributed by atoms with Crippen LogP contribution in [0.15, 0.2) is 29.4 Å². The van der Waals surface area contributed by atoms with Crippen LogP contribution >= 0.6 is 11.8 Å². The van der Waals surface area contributed by atoms with Crippen molar-refractivity contribution in [1.29, 1.82) is 0 Å². The molecule has 186 valence electrons. The number of aryl methyl sites for hydroxylation is 1. The summed E-state index contributed by atoms with van der Waals surface area (Å²) in [4.78, 5) is 22.4. The summed E-state index contributed by atoms with van der Waals surface area (Å²) in [6.07, 6.45) is 6.12. The standard InChI is InChI=1S/C26H32N4O4S/c1-16(31)28-23-11-18-19(14-30(4)21(18)13-27-23)20-12-22(35-10-7-25(2,3)32)17-5-8-34-26(24(17)29-20)6-9-33-15-26/h11-14,32H,5-10,15H2,1-4H3,(H,27,28,31). The molecule has 3 aromatic heterocycles. The number of fused-ring (bicyclic) bond motifs is 3. The number of aliphatic hydroxyl groups is 1. The number of hydrogen-bond acceptors (Lipinski definition) is 7. The number of amides is 1. The first-order valence-corrected chi connectivity index (χ1v) is 13.0. The first-order valence-electron chi connectivity index (χ1n) is 12.0. The fraction of sp³-hybridized carbons (Fsp3) is 0.500. The van der Waals surface area contributed by atoms with E-state index in [0.29, 0.717) is 32.1 Å². The fourth-order valence-corrected chi connectivity index (χ4v) is 6.23. The van der Waals surface area contributed by atoms with Crippen molar-refractivity contribution in [2.45, 2.75) is 56.1 Å². The van der Waals surface area contributed by atoms with Crippen LogP contribution < -0.4 is 5.32 Å². The third-order valence-electron chi connectivity index (χ3n) is 6.66. The van der Waals surface area contributed by atoms with Gasteiger partial charge in [-0.1, -0.05) is 0 Å². The lowest BCUT2D eigenvalue weighted by Crippen LogP contribution is -2.37. The monoisotopic (exact) mass is 496 g/mol. The van der Waals surface area contributed by atoms with Crippen molar-refractivity contribution in [3.05, 3.63) is 35.8 Å². The van der Waals surface area contributed by atoms with Crippen LogP contribution in [0.3, 0.4) is 0 Å². The minimum absolute atomic E-state index is 0.160. The molecule has 2 N–H and O–H groups in total. The predicted molar refractivity (Wildman–Crippen MR) is 137 cm³/mol. The Bertz CT molecular complexity index is 1270. The third kappa shape index (κ3) is 4.82. The molecule has 1 unspecified atom stereocenters. The van der Waals surface area contributed by atoms with Crippen molar-refractivity contribution in [1.82, 2.24) is 14.5 Å². The summed E-state index contributed by atoms with van der Waals surface area (Å²) in [5, 5.41) is 14.0. The minimum Gasteiger partial charge on any atom is -0.390 e. The Hall–Kier alpha value is -2.46. The second-order valence-electron chi connectivity index (χ2n) is 10.1. The summed E-state index contributed by atoms with van der Waals surface area (Å²) in [7, 11) is 1.98. The lowest BCUT2D eigenvalue weighted by atomic mass is 9.89. The zero-order chi connectivity index (χ0) is 24.8. The van der Waals surface area contributed by atoms with E-state index in [-0.39, 0.29) is 5.91 Å². The van der Waals surface area contributed by atoms with Crippen molar-refractivity contribution < 1.29 is 19.4 Å². The van der Waals surface area contributed by atoms with Crippen molar-refractivity contribution >= 4 is 34.4 Å². The van der Waals surface area contributed by atoms with Gasteiger partial charge in [0.05, 0.1) is 41.9 Å². The van der Waals surface area contributed by atoms with Gasteiger partial charge in [-0.05, 0) is 44.4 Å². The Morgan fingerprint density at radius 1 is 1.34 bits per heavy atom. The van der Waals surface area contributed by atoms with Crippen molar-refractivity contribution in [2.75, 3.05) is 30.9 Å². The quantitative estimate of drug-likeness (QED) is 0.497. The highest BCUT2D eigenvalue weighted by molar-refractivity contribution is 7.99. The number of carbonyl (C=O) groups is 1. The molecule has 1 saturated heterocycles. The Morgan fingerprint density at radius 3 is 2.89 bits per heavy atom. The molecule has 8 nitrogen and oxygen atoms in total. The molecule has 0 saturated carbocycles. The maximum Gasteiger partial charge on any atom is 0.222 e. The summed E-state index contributed by atoms with van der Waals surface area (Å²) in [5.74, 6) is 1.15. The number of nitrogens with zero attached hydrogens (tertiary/aromatic N) is 3. The maximum absolute atomic E-state index is 11.6. The predicted octanol–water partition coefficient (Wildman–Crippen LogP) is 4.04. The molecular formula is C26H32N4O4S. The number of hydrogen-bond donors (Lipinski definition) is 2. The molecule has 2 aliphatic heterocycles. The van der Waals surface area contributed by atoms with Gasteiger partial charge in [-0.25, -0.2) is 9.97 Å². The second-order valence-corrected chi connectivity index (χ2v) is 11.2. The van der Waals surface area contributed by atoms with Gasteiger partial charge < -0.3 is 24.5 Å². The molecular weight excluding hydrogens is 464 g/mol. The topological polar surface area (TPSA) is 98.5 Å². The molecule has 5 rings (SSSR count). The number of anilines is 1. The van der Waals surface area contributed by atoms with Crippen LogP contribution in [0.2, 0.25) is 0 Å². The third-order valence-corrected chi connectivity index (χ3v) is 7.74. The average molecular weight is 497 g/mol. The summed E-state index contributed by atoms with van der Waals surface area (Å²) in [5.41, 5.74) is 3.77. The molecule has 0 aliphatic carbocycles. The minimum atomic E-state index is -0.713. The molecule has 1 spiro atoms. The molecule has 0 bridgehead atoms. The Labute approximate surface area is 209 Å². The van der Waals surface area contributed by atoms with Gasteiger partial charge in [0, 0.05) is 54.8 Å². The van der Waals surface area contributed by atoms with E-state index in [1.165, 1.54) is 17.4 Å². The summed E-state index contributed by atoms with van der Waals surface area (Å²) in [6.45, 7) is 6.98. The molecule has 3 aromatic rings. The van der Waals surface area contributed by atoms with Gasteiger partial charge >= 0.3 is 0 Å². The number of thioether (sulfide) groups is 1. The smallest absolute Gasteiger partial charge is 0.222 e. The molecule has 0 radical (unpaired) electrons. The van der Waals surface area contributed by atoms with Crippen molar-refractivity contribution in [2.24, 2.45) is 7.05 Å². The van der Waals surface area contributed by atoms with E-state index in [1.54, 1.807) is 18.0 Å². The number of aromatic nitrogens is 3. The van der Waals surface area contributed by atoms with Gasteiger partial charge in [-0.2, -0.15) is 0 Å². The van der Waals surface area contributed by atoms with Gasteiger partial charge in [0.2, 0.25) is 5.91 Å². The number of rotatable bonds is 6. The normalized spacial score (nSPS) is 19.9. The first-order chi connectivity index (χ1) is 16.7. The number of carbonyl (C=O) groups excluding carboxylic acids is 1. The fourth-order valence-electron chi connectivity index (χ4n) is 4.84. The molecule has 1 amide bonds. The summed E-state index contributed by atoms with van der Waals surface area (Å²) < 4.78 is 14.1. The Kier molecular flexibility index (Phi) is 6.37. The molecule has 5 heterocycles. The molecule has 1 fully saturated rings. The molecule has 1 atom stereocenters. The van der Waals surface area contributed by atoms with Gasteiger partial charge in [0.15, 0.2) is 0 Å². The van der Waals surface area contributed by atoms with Crippen LogP contribution in [0, 0.1) is 0 Å². The molecule has 35 heavy (non-hydrogen) atoms. The van der Waals surface area contributed by atoms with Crippen LogP contribution in [0.4, 0.5) is 5.82 Å². The van der Waals surface area contributed by atoms with Crippen molar-refractivity contribution in [3.63, 3.8) is 0 Å². The van der Waals surface area contributed by atoms with Crippen molar-refractivity contribution in [3.8, 4) is 11.3 Å². The van der Waals surface area contributed by atoms with E-state index >= 15 is 0 Å². The van der Waals surface area contributed by atoms with Crippen LogP contribution in [0.1, 0.15) is 44.9 Å².